The molecule has 0 aliphatic heterocycles. The lowest BCUT2D eigenvalue weighted by Crippen LogP contribution is -2.26. The molecule has 0 aromatic rings. The molecule has 0 unspecified atom stereocenters. The third-order valence-corrected chi connectivity index (χ3v) is 2.22. The van der Waals surface area contributed by atoms with E-state index in [0.29, 0.717) is 0 Å². The Morgan fingerprint density at radius 3 is 2.33 bits per heavy atom. The van der Waals surface area contributed by atoms with E-state index >= 15 is 0 Å². The third kappa shape index (κ3) is 5.36. The van der Waals surface area contributed by atoms with Crippen LogP contribution in [0.3, 0.4) is 0 Å². The van der Waals surface area contributed by atoms with Gasteiger partial charge in [0.15, 0.2) is 0 Å². The van der Waals surface area contributed by atoms with Crippen LogP contribution < -0.4 is 0 Å². The number of nitrogens with zero attached hydrogens (tertiary/aromatic N) is 1. The summed E-state index contributed by atoms with van der Waals surface area (Å²) in [7, 11) is 0. The fourth-order valence-electron chi connectivity index (χ4n) is 1.16. The van der Waals surface area contributed by atoms with E-state index < -0.39 is 0 Å². The Bertz CT molecular complexity index is 118. The maximum absolute atomic E-state index is 4.03. The highest BCUT2D eigenvalue weighted by molar-refractivity contribution is 4.95. The number of hydrogen-bond donors (Lipinski definition) is 0. The smallest absolute Gasteiger partial charge is 0.0189 e. The van der Waals surface area contributed by atoms with E-state index in [1.807, 2.05) is 0 Å². The zero-order chi connectivity index (χ0) is 9.40. The molecule has 0 saturated carbocycles. The van der Waals surface area contributed by atoms with E-state index in [0.717, 1.165) is 19.5 Å². The average Bonchev–Trinajstić information content (AvgIpc) is 2.11. The molecule has 72 valence electrons. The van der Waals surface area contributed by atoms with E-state index in [1.165, 1.54) is 25.0 Å². The van der Waals surface area contributed by atoms with Gasteiger partial charge < -0.3 is 0 Å². The molecule has 0 rings (SSSR count). The van der Waals surface area contributed by atoms with E-state index in [-0.39, 0.29) is 0 Å². The van der Waals surface area contributed by atoms with E-state index in [9.17, 15) is 0 Å². The van der Waals surface area contributed by atoms with Gasteiger partial charge in [0.2, 0.25) is 0 Å². The van der Waals surface area contributed by atoms with Gasteiger partial charge in [-0.2, -0.15) is 0 Å². The Hall–Kier alpha value is -0.300. The fourth-order valence-corrected chi connectivity index (χ4v) is 1.16. The summed E-state index contributed by atoms with van der Waals surface area (Å²) < 4.78 is 0. The summed E-state index contributed by atoms with van der Waals surface area (Å²) in [5, 5.41) is 0. The number of unbranched alkanes of at least 4 members (excludes halogenated alkanes) is 1. The molecule has 0 heterocycles. The van der Waals surface area contributed by atoms with Crippen molar-refractivity contribution in [2.24, 2.45) is 0 Å². The summed E-state index contributed by atoms with van der Waals surface area (Å²) in [5.74, 6) is 0. The fraction of sp³-hybridized carbons (Fsp3) is 0.818. The van der Waals surface area contributed by atoms with Gasteiger partial charge in [-0.25, -0.2) is 0 Å². The van der Waals surface area contributed by atoms with Crippen molar-refractivity contribution in [3.8, 4) is 0 Å². The second kappa shape index (κ2) is 7.35. The van der Waals surface area contributed by atoms with Crippen LogP contribution in [0.15, 0.2) is 12.2 Å². The Balaban J connectivity index is 3.59. The molecule has 0 aromatic carbocycles. The molecular weight excluding hydrogens is 146 g/mol. The molecule has 0 spiro atoms. The molecule has 0 atom stereocenters. The third-order valence-electron chi connectivity index (χ3n) is 2.22. The van der Waals surface area contributed by atoms with Gasteiger partial charge in [0.1, 0.15) is 0 Å². The van der Waals surface area contributed by atoms with Gasteiger partial charge in [-0.05, 0) is 25.9 Å². The summed E-state index contributed by atoms with van der Waals surface area (Å²) >= 11 is 0. The summed E-state index contributed by atoms with van der Waals surface area (Å²) in [5.41, 5.74) is 1.35. The zero-order valence-electron chi connectivity index (χ0n) is 8.90. The van der Waals surface area contributed by atoms with Crippen molar-refractivity contribution in [2.75, 3.05) is 19.6 Å². The molecule has 1 heteroatoms. The van der Waals surface area contributed by atoms with Crippen LogP contribution >= 0.6 is 0 Å². The summed E-state index contributed by atoms with van der Waals surface area (Å²) in [4.78, 5) is 2.47. The van der Waals surface area contributed by atoms with E-state index in [1.54, 1.807) is 0 Å². The Kier molecular flexibility index (Phi) is 7.17. The van der Waals surface area contributed by atoms with Gasteiger partial charge >= 0.3 is 0 Å². The standard InChI is InChI=1S/C11H23N/c1-5-8-9-12(7-3)10-11(4)6-2/h4-10H2,1-3H3. The van der Waals surface area contributed by atoms with Gasteiger partial charge in [0.05, 0.1) is 0 Å². The van der Waals surface area contributed by atoms with Crippen LogP contribution in [0.2, 0.25) is 0 Å². The molecule has 0 radical (unpaired) electrons. The predicted octanol–water partition coefficient (Wildman–Crippen LogP) is 3.07. The highest BCUT2D eigenvalue weighted by Gasteiger charge is 2.01. The average molecular weight is 169 g/mol. The van der Waals surface area contributed by atoms with Gasteiger partial charge in [0.25, 0.3) is 0 Å². The highest BCUT2D eigenvalue weighted by Crippen LogP contribution is 2.02. The van der Waals surface area contributed by atoms with Crippen LogP contribution in [0.1, 0.15) is 40.0 Å². The van der Waals surface area contributed by atoms with Crippen LogP contribution in [0.25, 0.3) is 0 Å². The van der Waals surface area contributed by atoms with E-state index in [2.05, 4.69) is 32.3 Å². The van der Waals surface area contributed by atoms with Crippen molar-refractivity contribution < 1.29 is 0 Å². The molecule has 0 bridgehead atoms. The van der Waals surface area contributed by atoms with Crippen LogP contribution in [-0.4, -0.2) is 24.5 Å². The van der Waals surface area contributed by atoms with E-state index in [4.69, 9.17) is 0 Å². The first-order valence-electron chi connectivity index (χ1n) is 5.13. The molecule has 0 amide bonds. The first kappa shape index (κ1) is 11.7. The second-order valence-corrected chi connectivity index (χ2v) is 3.33. The van der Waals surface area contributed by atoms with Crippen LogP contribution in [0, 0.1) is 0 Å². The van der Waals surface area contributed by atoms with Crippen molar-refractivity contribution in [1.82, 2.24) is 4.90 Å². The minimum absolute atomic E-state index is 1.09. The Morgan fingerprint density at radius 2 is 1.92 bits per heavy atom. The summed E-state index contributed by atoms with van der Waals surface area (Å²) in [6.07, 6.45) is 3.71. The normalized spacial score (nSPS) is 10.7. The van der Waals surface area contributed by atoms with Gasteiger partial charge in [0, 0.05) is 6.54 Å². The maximum Gasteiger partial charge on any atom is 0.0189 e. The molecule has 0 aliphatic carbocycles. The molecule has 0 fully saturated rings. The quantitative estimate of drug-likeness (QED) is 0.529. The first-order chi connectivity index (χ1) is 5.74. The van der Waals surface area contributed by atoms with Crippen molar-refractivity contribution in [3.05, 3.63) is 12.2 Å². The predicted molar refractivity (Wildman–Crippen MR) is 56.5 cm³/mol. The lowest BCUT2D eigenvalue weighted by molar-refractivity contribution is 0.305. The maximum atomic E-state index is 4.03. The Morgan fingerprint density at radius 1 is 1.25 bits per heavy atom. The van der Waals surface area contributed by atoms with Crippen molar-refractivity contribution in [3.63, 3.8) is 0 Å². The lowest BCUT2D eigenvalue weighted by Gasteiger charge is -2.20. The van der Waals surface area contributed by atoms with Gasteiger partial charge in [-0.3, -0.25) is 4.90 Å². The summed E-state index contributed by atoms with van der Waals surface area (Å²) in [6, 6.07) is 0. The summed E-state index contributed by atoms with van der Waals surface area (Å²) in [6.45, 7) is 14.1. The SMILES string of the molecule is C=C(CC)CN(CC)CCCC. The Labute approximate surface area is 77.5 Å². The van der Waals surface area contributed by atoms with Crippen LogP contribution in [-0.2, 0) is 0 Å². The number of hydrogen-bond acceptors (Lipinski definition) is 1. The monoisotopic (exact) mass is 169 g/mol. The molecule has 0 aromatic heterocycles. The molecule has 1 nitrogen and oxygen atoms in total. The van der Waals surface area contributed by atoms with Crippen molar-refractivity contribution >= 4 is 0 Å². The van der Waals surface area contributed by atoms with Crippen LogP contribution in [0.5, 0.6) is 0 Å². The highest BCUT2D eigenvalue weighted by atomic mass is 15.1. The molecule has 0 N–H and O–H groups in total. The van der Waals surface area contributed by atoms with Gasteiger partial charge in [-0.1, -0.05) is 39.3 Å². The van der Waals surface area contributed by atoms with Gasteiger partial charge in [-0.15, -0.1) is 0 Å². The largest absolute Gasteiger partial charge is 0.300 e. The number of rotatable bonds is 7. The molecule has 0 saturated heterocycles. The lowest BCUT2D eigenvalue weighted by atomic mass is 10.2. The first-order valence-corrected chi connectivity index (χ1v) is 5.13. The van der Waals surface area contributed by atoms with Crippen molar-refractivity contribution in [1.29, 1.82) is 0 Å². The topological polar surface area (TPSA) is 3.24 Å². The zero-order valence-corrected chi connectivity index (χ0v) is 8.90. The number of likely N-dealkylation sites (N-methyl/N-ethyl adjacent to an activating group) is 1. The van der Waals surface area contributed by atoms with Crippen molar-refractivity contribution in [2.45, 2.75) is 40.0 Å². The van der Waals surface area contributed by atoms with Crippen LogP contribution in [0.4, 0.5) is 0 Å². The second-order valence-electron chi connectivity index (χ2n) is 3.33. The molecule has 12 heavy (non-hydrogen) atoms. The molecular formula is C11H23N. The molecule has 0 aliphatic rings. The minimum Gasteiger partial charge on any atom is -0.300 e. The minimum atomic E-state index is 1.09.